The first-order valence-electron chi connectivity index (χ1n) is 48.3. The van der Waals surface area contributed by atoms with E-state index in [2.05, 4.69) is 252 Å². The Morgan fingerprint density at radius 3 is 0.857 bits per heavy atom. The maximum atomic E-state index is 18.8. The number of phosphoric acid groups is 1. The number of carbonyl (C=O) groups excluding carboxylic acids is 3. The Bertz CT molecular complexity index is 5600. The lowest BCUT2D eigenvalue weighted by Crippen LogP contribution is -2.65. The minimum Gasteiger partial charge on any atom is -0.493 e. The molecule has 0 unspecified atom stereocenters. The van der Waals surface area contributed by atoms with Gasteiger partial charge in [0, 0.05) is 126 Å². The zero-order chi connectivity index (χ0) is 101. The highest BCUT2D eigenvalue weighted by molar-refractivity contribution is 7.48. The third-order valence-corrected chi connectivity index (χ3v) is 27.1. The number of ether oxygens (including phenoxy) is 3. The van der Waals surface area contributed by atoms with Crippen LogP contribution in [0.3, 0.4) is 0 Å². The van der Waals surface area contributed by atoms with Crippen molar-refractivity contribution in [3.05, 3.63) is 199 Å². The van der Waals surface area contributed by atoms with Crippen molar-refractivity contribution in [3.8, 4) is 17.2 Å². The molecule has 6 aromatic heterocycles. The number of hydrogen-bond donors (Lipinski definition) is 9. The number of hydrogen-bond acceptors (Lipinski definition) is 25. The van der Waals surface area contributed by atoms with E-state index in [4.69, 9.17) is 27.8 Å². The summed E-state index contributed by atoms with van der Waals surface area (Å²) in [5.41, 5.74) is -3.95. The van der Waals surface area contributed by atoms with Gasteiger partial charge in [-0.3, -0.25) is 43.3 Å². The second-order valence-corrected chi connectivity index (χ2v) is 43.7. The molecule has 140 heavy (non-hydrogen) atoms. The number of nitrogens with one attached hydrogen (secondary N) is 9. The third kappa shape index (κ3) is 27.6. The van der Waals surface area contributed by atoms with Crippen molar-refractivity contribution in [1.82, 2.24) is 75.2 Å². The van der Waals surface area contributed by atoms with Crippen LogP contribution in [0.5, 0.6) is 17.2 Å². The standard InChI is InChI=1S/C105H141F3N21O10P/c1-22-43-127(46-28-49-134-79-37-40-82-85(61-79)109-67-112-94(82)118-88-55-76(121-124-88)58-91(130)115-73-34-25-31-70(106)52-73)64-103(97(4,5)6,98(7,8)9)137-140(133,138-104(99(10,11)12,100(13,14)15)65-128(44-23-2)47-29-50-135-80-38-41-83-86(62-80)110-68-113-95(83)119-89-56-77(122-125-89)59-92(131)116-74-35-26-32-71(107)53-74)139-105(101(16,17)18,102(19,20)21)66-129(45-24-3)48-30-51-136-81-39-42-84-87(63-81)111-69-114-96(84)120-90-57-78(123-126-90)60-93(132)117-75-36-27-33-72(108)54-75/h25-27,31-42,52-57,61-63,67-69H,22-24,28-30,43-51,58-60,64-66H2,1-21H3,(H,115,130)(H,116,131)(H,117,132)(H2,109,112,118,121,124)(H2,110,113,119,122,125)(H2,111,114,120,123,126). The molecule has 0 saturated heterocycles. The molecule has 12 aromatic rings. The van der Waals surface area contributed by atoms with Gasteiger partial charge in [-0.25, -0.2) is 47.6 Å². The van der Waals surface area contributed by atoms with Crippen LogP contribution in [0.4, 0.5) is 65.1 Å². The lowest BCUT2D eigenvalue weighted by Gasteiger charge is -2.60. The van der Waals surface area contributed by atoms with E-state index >= 15 is 4.57 Å². The van der Waals surface area contributed by atoms with Gasteiger partial charge >= 0.3 is 7.82 Å². The van der Waals surface area contributed by atoms with Crippen LogP contribution in [0, 0.1) is 49.9 Å². The topological polar surface area (TPSA) is 369 Å². The summed E-state index contributed by atoms with van der Waals surface area (Å²) >= 11 is 0. The van der Waals surface area contributed by atoms with Crippen LogP contribution in [-0.4, -0.2) is 188 Å². The number of aromatic amines is 3. The van der Waals surface area contributed by atoms with Gasteiger partial charge in [-0.05, 0) is 182 Å². The molecular weight excluding hydrogens is 1800 g/mol. The van der Waals surface area contributed by atoms with Gasteiger partial charge in [0.1, 0.15) is 87.9 Å². The molecule has 0 aliphatic carbocycles. The largest absolute Gasteiger partial charge is 0.493 e. The summed E-state index contributed by atoms with van der Waals surface area (Å²) in [5.74, 6) is 2.26. The molecule has 35 heteroatoms. The molecule has 0 aliphatic heterocycles. The molecule has 0 aliphatic rings. The minimum atomic E-state index is -5.07. The Labute approximate surface area is 820 Å². The number of H-pyrrole nitrogens is 3. The van der Waals surface area contributed by atoms with Crippen molar-refractivity contribution in [1.29, 1.82) is 0 Å². The maximum Gasteiger partial charge on any atom is 0.476 e. The summed E-state index contributed by atoms with van der Waals surface area (Å²) in [6, 6.07) is 39.3. The maximum absolute atomic E-state index is 18.8. The normalized spacial score (nSPS) is 12.8. The second kappa shape index (κ2) is 45.7. The summed E-state index contributed by atoms with van der Waals surface area (Å²) in [4.78, 5) is 73.5. The van der Waals surface area contributed by atoms with Crippen LogP contribution in [0.15, 0.2) is 165 Å². The fourth-order valence-electron chi connectivity index (χ4n) is 18.9. The number of phosphoric ester groups is 1. The van der Waals surface area contributed by atoms with Crippen molar-refractivity contribution in [2.75, 3.05) is 111 Å². The molecule has 0 bridgehead atoms. The van der Waals surface area contributed by atoms with Gasteiger partial charge in [-0.15, -0.1) is 0 Å². The minimum absolute atomic E-state index is 0.0263. The van der Waals surface area contributed by atoms with Crippen LogP contribution >= 0.6 is 7.82 Å². The highest BCUT2D eigenvalue weighted by Crippen LogP contribution is 2.70. The van der Waals surface area contributed by atoms with Crippen molar-refractivity contribution in [2.24, 2.45) is 32.5 Å². The van der Waals surface area contributed by atoms with Crippen molar-refractivity contribution in [2.45, 2.75) is 220 Å². The SMILES string of the molecule is CCCN(CCCOc1ccc2c(Nc3cc(CC(=O)Nc4cccc(F)c4)[nH]n3)ncnc2c1)CC(OP(=O)(OC(CN(CCC)CCCOc1ccc2c(Nc3cc(CC(=O)Nc4cccc(F)c4)[nH]n3)ncnc2c1)(C(C)(C)C)C(C)(C)C)OC(CN(CCC)CCCOc1ccc2c(Nc3cc(CC(=O)Nc4cccc(F)c4)[nH]n3)ncnc2c1)(C(C)(C)C)C(C)(C)C)(C(C)(C)C)C(C)(C)C. The van der Waals surface area contributed by atoms with E-state index in [-0.39, 0.29) is 37.0 Å². The molecule has 0 fully saturated rings. The Morgan fingerprint density at radius 1 is 0.350 bits per heavy atom. The van der Waals surface area contributed by atoms with Crippen molar-refractivity contribution < 1.29 is 59.9 Å². The summed E-state index contributed by atoms with van der Waals surface area (Å²) in [6.07, 6.45) is 8.53. The first-order chi connectivity index (χ1) is 66.2. The van der Waals surface area contributed by atoms with Gasteiger partial charge in [-0.2, -0.15) is 15.3 Å². The Hall–Kier alpha value is -12.0. The molecule has 31 nitrogen and oxygen atoms in total. The first kappa shape index (κ1) is 107. The van der Waals surface area contributed by atoms with Crippen molar-refractivity contribution in [3.63, 3.8) is 0 Å². The smallest absolute Gasteiger partial charge is 0.476 e. The molecule has 0 spiro atoms. The lowest BCUT2D eigenvalue weighted by molar-refractivity contribution is -0.212. The Morgan fingerprint density at radius 2 is 0.614 bits per heavy atom. The second-order valence-electron chi connectivity index (χ2n) is 42.3. The average Bonchev–Trinajstić information content (AvgIpc) is 0.747. The van der Waals surface area contributed by atoms with E-state index < -0.39 is 74.6 Å². The van der Waals surface area contributed by atoms with E-state index in [1.54, 1.807) is 36.4 Å². The lowest BCUT2D eigenvalue weighted by atomic mass is 9.62. The van der Waals surface area contributed by atoms with E-state index in [9.17, 15) is 27.6 Å². The van der Waals surface area contributed by atoms with Gasteiger partial charge < -0.3 is 60.8 Å². The number of rotatable bonds is 48. The molecule has 6 heterocycles. The highest BCUT2D eigenvalue weighted by Gasteiger charge is 2.66. The Balaban J connectivity index is 0.802. The zero-order valence-corrected chi connectivity index (χ0v) is 85.9. The average molecular weight is 1950 g/mol. The van der Waals surface area contributed by atoms with E-state index in [1.165, 1.54) is 73.6 Å². The molecule has 752 valence electrons. The van der Waals surface area contributed by atoms with Crippen LogP contribution in [0.1, 0.15) is 201 Å². The van der Waals surface area contributed by atoms with Gasteiger partial charge in [0.25, 0.3) is 0 Å². The number of halogens is 3. The molecule has 12 rings (SSSR count). The Kier molecular flexibility index (Phi) is 34.9. The van der Waals surface area contributed by atoms with E-state index in [0.717, 1.165) is 19.3 Å². The van der Waals surface area contributed by atoms with Gasteiger partial charge in [0.15, 0.2) is 17.5 Å². The van der Waals surface area contributed by atoms with Crippen molar-refractivity contribution >= 4 is 110 Å². The zero-order valence-electron chi connectivity index (χ0n) is 85.0. The molecule has 0 atom stereocenters. The number of aromatic nitrogens is 12. The monoisotopic (exact) mass is 1940 g/mol. The molecule has 3 amide bonds. The summed E-state index contributed by atoms with van der Waals surface area (Å²) in [7, 11) is -5.07. The van der Waals surface area contributed by atoms with Gasteiger partial charge in [-0.1, -0.05) is 164 Å². The van der Waals surface area contributed by atoms with Crippen LogP contribution in [0.25, 0.3) is 32.7 Å². The number of benzene rings is 6. The number of anilines is 9. The fourth-order valence-corrected chi connectivity index (χ4v) is 22.0. The number of amides is 3. The number of nitrogens with zero attached hydrogens (tertiary/aromatic N) is 12. The number of fused-ring (bicyclic) bond motifs is 3. The van der Waals surface area contributed by atoms with E-state index in [1.807, 2.05) is 54.6 Å². The summed E-state index contributed by atoms with van der Waals surface area (Å²) in [6.45, 7) is 51.5. The molecule has 9 N–H and O–H groups in total. The predicted octanol–water partition coefficient (Wildman–Crippen LogP) is 22.4. The predicted molar refractivity (Wildman–Crippen MR) is 547 cm³/mol. The third-order valence-electron chi connectivity index (χ3n) is 25.5. The number of carbonyl (C=O) groups is 3. The summed E-state index contributed by atoms with van der Waals surface area (Å²) < 4.78 is 105. The van der Waals surface area contributed by atoms with Crippen LogP contribution in [0.2, 0.25) is 0 Å². The molecular formula is C105H141F3N21O10P. The highest BCUT2D eigenvalue weighted by atomic mass is 31.2. The van der Waals surface area contributed by atoms with Crippen LogP contribution in [-0.2, 0) is 51.8 Å². The molecule has 6 aromatic carbocycles. The van der Waals surface area contributed by atoms with Gasteiger partial charge in [0.2, 0.25) is 17.7 Å². The van der Waals surface area contributed by atoms with Crippen LogP contribution < -0.4 is 46.1 Å². The summed E-state index contributed by atoms with van der Waals surface area (Å²) in [5, 5.41) is 42.0. The molecule has 0 saturated carbocycles. The van der Waals surface area contributed by atoms with E-state index in [0.29, 0.717) is 217 Å². The quantitative estimate of drug-likeness (QED) is 0.0126. The fraction of sp³-hybridized carbons (Fsp3) is 0.486. The van der Waals surface area contributed by atoms with Gasteiger partial charge in [0.05, 0.1) is 55.6 Å². The molecule has 0 radical (unpaired) electrons. The first-order valence-corrected chi connectivity index (χ1v) is 49.8.